The summed E-state index contributed by atoms with van der Waals surface area (Å²) in [6.45, 7) is 6.85. The first-order chi connectivity index (χ1) is 7.94. The van der Waals surface area contributed by atoms with Crippen molar-refractivity contribution in [2.75, 3.05) is 19.7 Å². The van der Waals surface area contributed by atoms with E-state index in [4.69, 9.17) is 4.74 Å². The van der Waals surface area contributed by atoms with Crippen LogP contribution in [0.2, 0.25) is 0 Å². The zero-order valence-electron chi connectivity index (χ0n) is 10.6. The quantitative estimate of drug-likeness (QED) is 0.799. The van der Waals surface area contributed by atoms with Crippen LogP contribution >= 0.6 is 0 Å². The number of likely N-dealkylation sites (N-methyl/N-ethyl adjacent to an activating group) is 1. The Labute approximate surface area is 102 Å². The topological polar surface area (TPSA) is 41.5 Å². The highest BCUT2D eigenvalue weighted by molar-refractivity contribution is 5.32. The van der Waals surface area contributed by atoms with E-state index in [1.54, 1.807) is 13.0 Å². The van der Waals surface area contributed by atoms with Gasteiger partial charge in [0.2, 0.25) is 0 Å². The van der Waals surface area contributed by atoms with Gasteiger partial charge in [-0.15, -0.1) is 0 Å². The lowest BCUT2D eigenvalue weighted by Crippen LogP contribution is -2.42. The van der Waals surface area contributed by atoms with Crippen LogP contribution in [0.1, 0.15) is 19.4 Å². The molecule has 0 bridgehead atoms. The normalized spacial score (nSPS) is 14.4. The Morgan fingerprint density at radius 2 is 2.18 bits per heavy atom. The maximum atomic E-state index is 13.0. The molecule has 1 atom stereocenters. The molecule has 17 heavy (non-hydrogen) atoms. The Bertz CT molecular complexity index is 366. The highest BCUT2D eigenvalue weighted by atomic mass is 19.1. The second-order valence-electron chi connectivity index (χ2n) is 4.48. The van der Waals surface area contributed by atoms with Gasteiger partial charge in [-0.2, -0.15) is 0 Å². The number of benzene rings is 1. The smallest absolute Gasteiger partial charge is 0.126 e. The van der Waals surface area contributed by atoms with E-state index in [0.29, 0.717) is 12.3 Å². The molecule has 2 N–H and O–H groups in total. The Balaban J connectivity index is 2.57. The lowest BCUT2D eigenvalue weighted by atomic mass is 10.1. The van der Waals surface area contributed by atoms with Crippen LogP contribution in [0.3, 0.4) is 0 Å². The van der Waals surface area contributed by atoms with Crippen LogP contribution in [-0.2, 0) is 0 Å². The zero-order valence-corrected chi connectivity index (χ0v) is 10.6. The van der Waals surface area contributed by atoms with Crippen molar-refractivity contribution in [2.45, 2.75) is 26.4 Å². The average molecular weight is 241 g/mol. The van der Waals surface area contributed by atoms with Crippen molar-refractivity contribution in [3.8, 4) is 5.75 Å². The van der Waals surface area contributed by atoms with Gasteiger partial charge in [0, 0.05) is 12.6 Å². The van der Waals surface area contributed by atoms with Crippen molar-refractivity contribution in [1.82, 2.24) is 5.32 Å². The van der Waals surface area contributed by atoms with E-state index in [1.165, 1.54) is 12.1 Å². The molecule has 0 spiro atoms. The minimum absolute atomic E-state index is 0.129. The highest BCUT2D eigenvalue weighted by Crippen LogP contribution is 2.19. The first-order valence-electron chi connectivity index (χ1n) is 5.76. The molecule has 96 valence electrons. The molecular weight excluding hydrogens is 221 g/mol. The Morgan fingerprint density at radius 1 is 1.47 bits per heavy atom. The second-order valence-corrected chi connectivity index (χ2v) is 4.48. The number of nitrogens with one attached hydrogen (secondary N) is 1. The van der Waals surface area contributed by atoms with Gasteiger partial charge in [0.25, 0.3) is 0 Å². The molecule has 0 aromatic heterocycles. The lowest BCUT2D eigenvalue weighted by molar-refractivity contribution is 0.0124. The molecule has 0 aliphatic rings. The van der Waals surface area contributed by atoms with E-state index in [2.05, 4.69) is 5.32 Å². The summed E-state index contributed by atoms with van der Waals surface area (Å²) < 4.78 is 18.5. The van der Waals surface area contributed by atoms with Crippen molar-refractivity contribution >= 4 is 0 Å². The number of hydrogen-bond donors (Lipinski definition) is 2. The number of aliphatic hydroxyl groups is 1. The van der Waals surface area contributed by atoms with Crippen molar-refractivity contribution < 1.29 is 14.2 Å². The van der Waals surface area contributed by atoms with Crippen LogP contribution < -0.4 is 10.1 Å². The maximum absolute atomic E-state index is 13.0. The number of rotatable bonds is 6. The average Bonchev–Trinajstić information content (AvgIpc) is 2.28. The van der Waals surface area contributed by atoms with Gasteiger partial charge in [-0.05, 0) is 32.0 Å². The molecule has 1 unspecified atom stereocenters. The SMILES string of the molecule is CCNCC(C)(O)COc1cc(F)ccc1C. The lowest BCUT2D eigenvalue weighted by Gasteiger charge is -2.24. The van der Waals surface area contributed by atoms with Crippen molar-refractivity contribution in [2.24, 2.45) is 0 Å². The summed E-state index contributed by atoms with van der Waals surface area (Å²) in [6.07, 6.45) is 0. The summed E-state index contributed by atoms with van der Waals surface area (Å²) in [4.78, 5) is 0. The Kier molecular flexibility index (Phi) is 4.90. The third-order valence-electron chi connectivity index (χ3n) is 2.44. The van der Waals surface area contributed by atoms with E-state index >= 15 is 0 Å². The molecule has 4 heteroatoms. The third-order valence-corrected chi connectivity index (χ3v) is 2.44. The van der Waals surface area contributed by atoms with E-state index < -0.39 is 5.60 Å². The fourth-order valence-corrected chi connectivity index (χ4v) is 1.41. The summed E-state index contributed by atoms with van der Waals surface area (Å²) in [5.41, 5.74) is -0.111. The summed E-state index contributed by atoms with van der Waals surface area (Å²) in [6, 6.07) is 4.38. The first-order valence-corrected chi connectivity index (χ1v) is 5.76. The fraction of sp³-hybridized carbons (Fsp3) is 0.538. The van der Waals surface area contributed by atoms with Gasteiger partial charge in [-0.1, -0.05) is 13.0 Å². The van der Waals surface area contributed by atoms with Gasteiger partial charge < -0.3 is 15.2 Å². The van der Waals surface area contributed by atoms with Crippen LogP contribution in [0.15, 0.2) is 18.2 Å². The predicted octanol–water partition coefficient (Wildman–Crippen LogP) is 1.87. The van der Waals surface area contributed by atoms with Crippen LogP contribution in [0, 0.1) is 12.7 Å². The molecule has 1 aromatic carbocycles. The summed E-state index contributed by atoms with van der Waals surface area (Å²) in [7, 11) is 0. The summed E-state index contributed by atoms with van der Waals surface area (Å²) >= 11 is 0. The van der Waals surface area contributed by atoms with Gasteiger partial charge in [0.1, 0.15) is 23.8 Å². The van der Waals surface area contributed by atoms with E-state index in [1.807, 2.05) is 13.8 Å². The van der Waals surface area contributed by atoms with E-state index in [9.17, 15) is 9.50 Å². The minimum Gasteiger partial charge on any atom is -0.490 e. The monoisotopic (exact) mass is 241 g/mol. The maximum Gasteiger partial charge on any atom is 0.126 e. The van der Waals surface area contributed by atoms with Crippen molar-refractivity contribution in [3.63, 3.8) is 0 Å². The molecule has 0 radical (unpaired) electrons. The molecule has 0 amide bonds. The van der Waals surface area contributed by atoms with Crippen LogP contribution in [0.25, 0.3) is 0 Å². The molecule has 0 aliphatic heterocycles. The zero-order chi connectivity index (χ0) is 12.9. The Morgan fingerprint density at radius 3 is 2.82 bits per heavy atom. The molecule has 0 fully saturated rings. The second kappa shape index (κ2) is 5.98. The number of hydrogen-bond acceptors (Lipinski definition) is 3. The molecule has 0 aliphatic carbocycles. The summed E-state index contributed by atoms with van der Waals surface area (Å²) in [5.74, 6) is 0.138. The van der Waals surface area contributed by atoms with Gasteiger partial charge in [-0.3, -0.25) is 0 Å². The van der Waals surface area contributed by atoms with E-state index in [-0.39, 0.29) is 12.4 Å². The number of ether oxygens (including phenoxy) is 1. The fourth-order valence-electron chi connectivity index (χ4n) is 1.41. The van der Waals surface area contributed by atoms with Crippen molar-refractivity contribution in [3.05, 3.63) is 29.6 Å². The molecule has 0 saturated heterocycles. The van der Waals surface area contributed by atoms with Gasteiger partial charge in [0.15, 0.2) is 0 Å². The Hall–Kier alpha value is -1.13. The molecule has 3 nitrogen and oxygen atoms in total. The minimum atomic E-state index is -0.964. The van der Waals surface area contributed by atoms with Crippen LogP contribution in [0.5, 0.6) is 5.75 Å². The van der Waals surface area contributed by atoms with E-state index in [0.717, 1.165) is 12.1 Å². The number of aryl methyl sites for hydroxylation is 1. The van der Waals surface area contributed by atoms with Gasteiger partial charge in [0.05, 0.1) is 0 Å². The van der Waals surface area contributed by atoms with Gasteiger partial charge >= 0.3 is 0 Å². The standard InChI is InChI=1S/C13H20FNO2/c1-4-15-8-13(3,16)9-17-12-7-11(14)6-5-10(12)2/h5-7,15-16H,4,8-9H2,1-3H3. The molecule has 0 saturated carbocycles. The largest absolute Gasteiger partial charge is 0.490 e. The molecule has 0 heterocycles. The summed E-state index contributed by atoms with van der Waals surface area (Å²) in [5, 5.41) is 13.0. The predicted molar refractivity (Wildman–Crippen MR) is 65.8 cm³/mol. The first kappa shape index (κ1) is 13.9. The number of halogens is 1. The van der Waals surface area contributed by atoms with Crippen LogP contribution in [0.4, 0.5) is 4.39 Å². The molecular formula is C13H20FNO2. The van der Waals surface area contributed by atoms with Crippen molar-refractivity contribution in [1.29, 1.82) is 0 Å². The third kappa shape index (κ3) is 4.71. The van der Waals surface area contributed by atoms with Gasteiger partial charge in [-0.25, -0.2) is 4.39 Å². The van der Waals surface area contributed by atoms with Crippen LogP contribution in [-0.4, -0.2) is 30.4 Å². The molecule has 1 aromatic rings. The highest BCUT2D eigenvalue weighted by Gasteiger charge is 2.21. The molecule has 1 rings (SSSR count).